The molecule has 1 saturated heterocycles. The van der Waals surface area contributed by atoms with Crippen LogP contribution in [0.2, 0.25) is 0 Å². The Morgan fingerprint density at radius 1 is 1.06 bits per heavy atom. The van der Waals surface area contributed by atoms with Crippen molar-refractivity contribution in [1.82, 2.24) is 0 Å². The molecule has 0 bridgehead atoms. The second-order valence-electron chi connectivity index (χ2n) is 3.65. The lowest BCUT2D eigenvalue weighted by atomic mass is 10.2. The number of hydrogen-bond acceptors (Lipinski definition) is 4. The molecule has 0 aliphatic carbocycles. The molecule has 0 saturated carbocycles. The SMILES string of the molecule is Brc1cc2c(cc1C1OCCCO1)OCO2. The van der Waals surface area contributed by atoms with E-state index < -0.39 is 0 Å². The average molecular weight is 287 g/mol. The topological polar surface area (TPSA) is 36.9 Å². The van der Waals surface area contributed by atoms with Gasteiger partial charge in [0.2, 0.25) is 6.79 Å². The lowest BCUT2D eigenvalue weighted by Gasteiger charge is -2.24. The standard InChI is InChI=1S/C11H11BrO4/c12-8-5-10-9(15-6-16-10)4-7(8)11-13-2-1-3-14-11/h4-5,11H,1-3,6H2. The fourth-order valence-corrected chi connectivity index (χ4v) is 2.29. The molecule has 2 aliphatic rings. The lowest BCUT2D eigenvalue weighted by Crippen LogP contribution is -2.18. The maximum absolute atomic E-state index is 5.56. The number of rotatable bonds is 1. The highest BCUT2D eigenvalue weighted by Crippen LogP contribution is 2.40. The Kier molecular flexibility index (Phi) is 2.75. The normalized spacial score (nSPS) is 20.1. The Morgan fingerprint density at radius 3 is 2.50 bits per heavy atom. The summed E-state index contributed by atoms with van der Waals surface area (Å²) in [5.41, 5.74) is 0.948. The number of hydrogen-bond donors (Lipinski definition) is 0. The predicted octanol–water partition coefficient (Wildman–Crippen LogP) is 2.61. The minimum atomic E-state index is -0.308. The quantitative estimate of drug-likeness (QED) is 0.795. The Labute approximate surface area is 102 Å². The van der Waals surface area contributed by atoms with Crippen molar-refractivity contribution >= 4 is 15.9 Å². The van der Waals surface area contributed by atoms with Crippen LogP contribution in [0.15, 0.2) is 16.6 Å². The van der Waals surface area contributed by atoms with Crippen molar-refractivity contribution in [3.63, 3.8) is 0 Å². The molecule has 1 aromatic rings. The molecule has 0 atom stereocenters. The van der Waals surface area contributed by atoms with E-state index in [-0.39, 0.29) is 13.1 Å². The zero-order valence-corrected chi connectivity index (χ0v) is 10.2. The van der Waals surface area contributed by atoms with Gasteiger partial charge in [0.05, 0.1) is 13.2 Å². The number of halogens is 1. The molecule has 4 nitrogen and oxygen atoms in total. The van der Waals surface area contributed by atoms with E-state index in [1.807, 2.05) is 12.1 Å². The van der Waals surface area contributed by atoms with Crippen LogP contribution in [-0.2, 0) is 9.47 Å². The number of fused-ring (bicyclic) bond motifs is 1. The molecular formula is C11H11BrO4. The molecule has 1 aromatic carbocycles. The Morgan fingerprint density at radius 2 is 1.75 bits per heavy atom. The molecule has 0 radical (unpaired) electrons. The van der Waals surface area contributed by atoms with E-state index >= 15 is 0 Å². The average Bonchev–Trinajstić information content (AvgIpc) is 2.76. The van der Waals surface area contributed by atoms with Crippen molar-refractivity contribution in [1.29, 1.82) is 0 Å². The van der Waals surface area contributed by atoms with E-state index in [9.17, 15) is 0 Å². The monoisotopic (exact) mass is 286 g/mol. The zero-order valence-electron chi connectivity index (χ0n) is 8.57. The van der Waals surface area contributed by atoms with Gasteiger partial charge in [0, 0.05) is 10.0 Å². The molecule has 0 unspecified atom stereocenters. The molecule has 0 spiro atoms. The van der Waals surface area contributed by atoms with Gasteiger partial charge in [-0.3, -0.25) is 0 Å². The van der Waals surface area contributed by atoms with E-state index in [4.69, 9.17) is 18.9 Å². The molecule has 2 heterocycles. The van der Waals surface area contributed by atoms with Crippen LogP contribution in [0.5, 0.6) is 11.5 Å². The van der Waals surface area contributed by atoms with Crippen LogP contribution in [0.25, 0.3) is 0 Å². The molecule has 3 rings (SSSR count). The fourth-order valence-electron chi connectivity index (χ4n) is 1.78. The van der Waals surface area contributed by atoms with E-state index in [1.165, 1.54) is 0 Å². The molecular weight excluding hydrogens is 276 g/mol. The van der Waals surface area contributed by atoms with Crippen LogP contribution in [0, 0.1) is 0 Å². The third kappa shape index (κ3) is 1.79. The van der Waals surface area contributed by atoms with Gasteiger partial charge >= 0.3 is 0 Å². The summed E-state index contributed by atoms with van der Waals surface area (Å²) in [6.07, 6.45) is 0.635. The van der Waals surface area contributed by atoms with Crippen molar-refractivity contribution in [2.75, 3.05) is 20.0 Å². The van der Waals surface area contributed by atoms with Crippen molar-refractivity contribution in [3.8, 4) is 11.5 Å². The number of benzene rings is 1. The van der Waals surface area contributed by atoms with Crippen LogP contribution in [-0.4, -0.2) is 20.0 Å². The van der Waals surface area contributed by atoms with Gasteiger partial charge in [0.25, 0.3) is 0 Å². The summed E-state index contributed by atoms with van der Waals surface area (Å²) in [5, 5.41) is 0. The number of ether oxygens (including phenoxy) is 4. The maximum Gasteiger partial charge on any atom is 0.231 e. The lowest BCUT2D eigenvalue weighted by molar-refractivity contribution is -0.183. The second-order valence-corrected chi connectivity index (χ2v) is 4.51. The van der Waals surface area contributed by atoms with Gasteiger partial charge in [0.1, 0.15) is 0 Å². The van der Waals surface area contributed by atoms with Gasteiger partial charge in [0.15, 0.2) is 17.8 Å². The van der Waals surface area contributed by atoms with Gasteiger partial charge < -0.3 is 18.9 Å². The molecule has 0 N–H and O–H groups in total. The van der Waals surface area contributed by atoms with Crippen LogP contribution < -0.4 is 9.47 Å². The van der Waals surface area contributed by atoms with Gasteiger partial charge in [-0.05, 0) is 18.6 Å². The molecule has 16 heavy (non-hydrogen) atoms. The smallest absolute Gasteiger partial charge is 0.231 e. The molecule has 1 fully saturated rings. The van der Waals surface area contributed by atoms with E-state index in [0.717, 1.165) is 41.2 Å². The highest BCUT2D eigenvalue weighted by molar-refractivity contribution is 9.10. The summed E-state index contributed by atoms with van der Waals surface area (Å²) in [5.74, 6) is 1.50. The zero-order chi connectivity index (χ0) is 11.0. The third-order valence-electron chi connectivity index (χ3n) is 2.57. The molecule has 0 amide bonds. The first-order valence-electron chi connectivity index (χ1n) is 5.17. The maximum atomic E-state index is 5.56. The summed E-state index contributed by atoms with van der Waals surface area (Å²) < 4.78 is 22.7. The molecule has 0 aromatic heterocycles. The minimum absolute atomic E-state index is 0.275. The van der Waals surface area contributed by atoms with Crippen molar-refractivity contribution < 1.29 is 18.9 Å². The van der Waals surface area contributed by atoms with Gasteiger partial charge in [-0.15, -0.1) is 0 Å². The summed E-state index contributed by atoms with van der Waals surface area (Å²) in [6, 6.07) is 3.79. The largest absolute Gasteiger partial charge is 0.454 e. The first kappa shape index (κ1) is 10.4. The van der Waals surface area contributed by atoms with Gasteiger partial charge in [-0.2, -0.15) is 0 Å². The van der Waals surface area contributed by atoms with Gasteiger partial charge in [-0.1, -0.05) is 15.9 Å². The summed E-state index contributed by atoms with van der Waals surface area (Å²) >= 11 is 3.49. The third-order valence-corrected chi connectivity index (χ3v) is 3.26. The van der Waals surface area contributed by atoms with Crippen molar-refractivity contribution in [3.05, 3.63) is 22.2 Å². The molecule has 2 aliphatic heterocycles. The van der Waals surface area contributed by atoms with E-state index in [2.05, 4.69) is 15.9 Å². The highest BCUT2D eigenvalue weighted by Gasteiger charge is 2.23. The van der Waals surface area contributed by atoms with Crippen LogP contribution in [0.4, 0.5) is 0 Å². The Bertz CT molecular complexity index is 401. The first-order valence-corrected chi connectivity index (χ1v) is 5.96. The Hall–Kier alpha value is -0.780. The summed E-state index contributed by atoms with van der Waals surface area (Å²) in [7, 11) is 0. The van der Waals surface area contributed by atoms with Crippen LogP contribution in [0.3, 0.4) is 0 Å². The summed E-state index contributed by atoms with van der Waals surface area (Å²) in [6.45, 7) is 1.73. The fraction of sp³-hybridized carbons (Fsp3) is 0.455. The molecule has 86 valence electrons. The van der Waals surface area contributed by atoms with Crippen LogP contribution >= 0.6 is 15.9 Å². The van der Waals surface area contributed by atoms with Gasteiger partial charge in [-0.25, -0.2) is 0 Å². The predicted molar refractivity (Wildman–Crippen MR) is 59.5 cm³/mol. The first-order chi connectivity index (χ1) is 7.84. The summed E-state index contributed by atoms with van der Waals surface area (Å²) in [4.78, 5) is 0. The minimum Gasteiger partial charge on any atom is -0.454 e. The van der Waals surface area contributed by atoms with Crippen molar-refractivity contribution in [2.24, 2.45) is 0 Å². The van der Waals surface area contributed by atoms with E-state index in [0.29, 0.717) is 0 Å². The highest BCUT2D eigenvalue weighted by atomic mass is 79.9. The van der Waals surface area contributed by atoms with Crippen molar-refractivity contribution in [2.45, 2.75) is 12.7 Å². The molecule has 5 heteroatoms. The van der Waals surface area contributed by atoms with E-state index in [1.54, 1.807) is 0 Å². The Balaban J connectivity index is 1.94. The second kappa shape index (κ2) is 4.24. The van der Waals surface area contributed by atoms with Crippen LogP contribution in [0.1, 0.15) is 18.3 Å².